The van der Waals surface area contributed by atoms with Crippen LogP contribution in [-0.4, -0.2) is 21.7 Å². The summed E-state index contributed by atoms with van der Waals surface area (Å²) in [4.78, 5) is 13.9. The summed E-state index contributed by atoms with van der Waals surface area (Å²) in [5.41, 5.74) is 7.59. The minimum atomic E-state index is -4.52. The molecule has 1 aromatic heterocycles. The molecule has 1 N–H and O–H groups in total. The molecule has 0 spiro atoms. The molecule has 0 fully saturated rings. The van der Waals surface area contributed by atoms with E-state index in [0.717, 1.165) is 44.3 Å². The monoisotopic (exact) mass is 553 g/mol. The first-order valence-electron chi connectivity index (χ1n) is 12.5. The molecule has 0 saturated carbocycles. The topological polar surface area (TPSA) is 53.7 Å². The smallest absolute Gasteiger partial charge is 0.449 e. The molecular formula is C31H30F3NO3S. The SMILES string of the molecule is Cc1cc(C)c(CN(Cc2ccc(-c3cccc(SCC(=O)O)c3)cc2)Cc2ccc(C(F)(F)F)o2)c(C)c1. The first-order chi connectivity index (χ1) is 18.5. The Hall–Kier alpha value is -3.49. The summed E-state index contributed by atoms with van der Waals surface area (Å²) in [5, 5.41) is 8.95. The first kappa shape index (κ1) is 28.5. The van der Waals surface area contributed by atoms with E-state index in [4.69, 9.17) is 9.52 Å². The van der Waals surface area contributed by atoms with Crippen LogP contribution in [0.5, 0.6) is 0 Å². The number of nitrogens with zero attached hydrogens (tertiary/aromatic N) is 1. The summed E-state index contributed by atoms with van der Waals surface area (Å²) in [7, 11) is 0. The summed E-state index contributed by atoms with van der Waals surface area (Å²) in [6.45, 7) is 7.46. The standard InChI is InChI=1S/C31H30F3NO3S/c1-20-13-21(2)28(22(3)14-20)18-35(17-26-11-12-29(38-26)31(32,33)34)16-23-7-9-24(10-8-23)25-5-4-6-27(15-25)39-19-30(36)37/h4-15H,16-19H2,1-3H3,(H,36,37). The second kappa shape index (κ2) is 12.1. The number of alkyl halides is 3. The van der Waals surface area contributed by atoms with Gasteiger partial charge < -0.3 is 9.52 Å². The molecule has 4 nitrogen and oxygen atoms in total. The van der Waals surface area contributed by atoms with Gasteiger partial charge in [0.1, 0.15) is 5.76 Å². The van der Waals surface area contributed by atoms with Crippen molar-refractivity contribution in [2.45, 2.75) is 51.5 Å². The van der Waals surface area contributed by atoms with E-state index in [2.05, 4.69) is 30.9 Å². The van der Waals surface area contributed by atoms with Crippen LogP contribution in [0.15, 0.2) is 82.1 Å². The van der Waals surface area contributed by atoms with Crippen molar-refractivity contribution in [2.24, 2.45) is 0 Å². The van der Waals surface area contributed by atoms with Crippen molar-refractivity contribution < 1.29 is 27.5 Å². The van der Waals surface area contributed by atoms with Crippen LogP contribution < -0.4 is 0 Å². The lowest BCUT2D eigenvalue weighted by Crippen LogP contribution is -2.23. The predicted molar refractivity (Wildman–Crippen MR) is 148 cm³/mol. The van der Waals surface area contributed by atoms with Crippen molar-refractivity contribution >= 4 is 17.7 Å². The van der Waals surface area contributed by atoms with Gasteiger partial charge in [-0.05, 0) is 78.4 Å². The molecule has 0 atom stereocenters. The van der Waals surface area contributed by atoms with Gasteiger partial charge in [-0.25, -0.2) is 0 Å². The number of aryl methyl sites for hydroxylation is 3. The minimum Gasteiger partial charge on any atom is -0.481 e. The van der Waals surface area contributed by atoms with Crippen molar-refractivity contribution in [1.29, 1.82) is 0 Å². The van der Waals surface area contributed by atoms with Crippen molar-refractivity contribution in [1.82, 2.24) is 4.90 Å². The second-order valence-electron chi connectivity index (χ2n) is 9.69. The van der Waals surface area contributed by atoms with Gasteiger partial charge in [0.15, 0.2) is 0 Å². The maximum absolute atomic E-state index is 13.1. The number of carbonyl (C=O) groups is 1. The van der Waals surface area contributed by atoms with Gasteiger partial charge in [-0.15, -0.1) is 11.8 Å². The molecule has 8 heteroatoms. The number of carboxylic acid groups (broad SMARTS) is 1. The van der Waals surface area contributed by atoms with E-state index >= 15 is 0 Å². The van der Waals surface area contributed by atoms with Crippen LogP contribution in [0.3, 0.4) is 0 Å². The van der Waals surface area contributed by atoms with E-state index in [0.29, 0.717) is 13.1 Å². The average Bonchev–Trinajstić information content (AvgIpc) is 3.35. The van der Waals surface area contributed by atoms with E-state index < -0.39 is 17.9 Å². The zero-order valence-electron chi connectivity index (χ0n) is 22.0. The Morgan fingerprint density at radius 2 is 1.56 bits per heavy atom. The highest BCUT2D eigenvalue weighted by Crippen LogP contribution is 2.32. The van der Waals surface area contributed by atoms with Crippen molar-refractivity contribution in [3.8, 4) is 11.1 Å². The van der Waals surface area contributed by atoms with Crippen LogP contribution in [0.4, 0.5) is 13.2 Å². The third kappa shape index (κ3) is 7.77. The summed E-state index contributed by atoms with van der Waals surface area (Å²) in [6.07, 6.45) is -4.52. The Kier molecular flexibility index (Phi) is 8.87. The molecule has 4 rings (SSSR count). The summed E-state index contributed by atoms with van der Waals surface area (Å²) in [6, 6.07) is 22.4. The number of hydrogen-bond donors (Lipinski definition) is 1. The molecule has 0 radical (unpaired) electrons. The van der Waals surface area contributed by atoms with Crippen molar-refractivity contribution in [2.75, 3.05) is 5.75 Å². The molecule has 0 aliphatic rings. The number of hydrogen-bond acceptors (Lipinski definition) is 4. The number of benzene rings is 3. The molecule has 0 saturated heterocycles. The normalized spacial score (nSPS) is 11.8. The van der Waals surface area contributed by atoms with Gasteiger partial charge in [-0.2, -0.15) is 13.2 Å². The first-order valence-corrected chi connectivity index (χ1v) is 13.5. The molecule has 1 heterocycles. The predicted octanol–water partition coefficient (Wildman–Crippen LogP) is 8.27. The average molecular weight is 554 g/mol. The van der Waals surface area contributed by atoms with Crippen LogP contribution >= 0.6 is 11.8 Å². The number of carboxylic acids is 1. The molecule has 0 unspecified atom stereocenters. The van der Waals surface area contributed by atoms with Gasteiger partial charge in [-0.1, -0.05) is 54.1 Å². The molecule has 3 aromatic carbocycles. The van der Waals surface area contributed by atoms with Crippen LogP contribution in [0.2, 0.25) is 0 Å². The Morgan fingerprint density at radius 1 is 0.872 bits per heavy atom. The molecule has 204 valence electrons. The van der Waals surface area contributed by atoms with Crippen molar-refractivity contribution in [3.63, 3.8) is 0 Å². The lowest BCUT2D eigenvalue weighted by molar-refractivity contribution is -0.153. The van der Waals surface area contributed by atoms with Gasteiger partial charge >= 0.3 is 12.1 Å². The van der Waals surface area contributed by atoms with Gasteiger partial charge in [-0.3, -0.25) is 9.69 Å². The number of thioether (sulfide) groups is 1. The Bertz CT molecular complexity index is 1420. The largest absolute Gasteiger partial charge is 0.481 e. The highest BCUT2D eigenvalue weighted by atomic mass is 32.2. The van der Waals surface area contributed by atoms with Crippen LogP contribution in [0.1, 0.15) is 39.3 Å². The van der Waals surface area contributed by atoms with Gasteiger partial charge in [0.25, 0.3) is 0 Å². The van der Waals surface area contributed by atoms with Crippen LogP contribution in [-0.2, 0) is 30.6 Å². The van der Waals surface area contributed by atoms with Crippen LogP contribution in [0, 0.1) is 20.8 Å². The molecule has 4 aromatic rings. The maximum Gasteiger partial charge on any atom is 0.449 e. The van der Waals surface area contributed by atoms with E-state index in [-0.39, 0.29) is 18.1 Å². The molecule has 0 aliphatic carbocycles. The summed E-state index contributed by atoms with van der Waals surface area (Å²) in [5.74, 6) is -1.59. The summed E-state index contributed by atoms with van der Waals surface area (Å²) >= 11 is 1.27. The van der Waals surface area contributed by atoms with E-state index in [1.54, 1.807) is 0 Å². The quantitative estimate of drug-likeness (QED) is 0.200. The summed E-state index contributed by atoms with van der Waals surface area (Å²) < 4.78 is 44.5. The van der Waals surface area contributed by atoms with Gasteiger partial charge in [0, 0.05) is 18.0 Å². The minimum absolute atomic E-state index is 0.00170. The lowest BCUT2D eigenvalue weighted by Gasteiger charge is -2.24. The maximum atomic E-state index is 13.1. The van der Waals surface area contributed by atoms with Crippen LogP contribution in [0.25, 0.3) is 11.1 Å². The van der Waals surface area contributed by atoms with E-state index in [1.165, 1.54) is 23.4 Å². The molecular weight excluding hydrogens is 523 g/mol. The molecule has 0 bridgehead atoms. The van der Waals surface area contributed by atoms with Gasteiger partial charge in [0.05, 0.1) is 12.3 Å². The Labute approximate surface area is 230 Å². The van der Waals surface area contributed by atoms with E-state index in [1.807, 2.05) is 55.5 Å². The third-order valence-electron chi connectivity index (χ3n) is 6.43. The number of halogens is 3. The molecule has 0 amide bonds. The van der Waals surface area contributed by atoms with Crippen molar-refractivity contribution in [3.05, 3.63) is 112 Å². The molecule has 0 aliphatic heterocycles. The Balaban J connectivity index is 1.56. The third-order valence-corrected chi connectivity index (χ3v) is 7.41. The number of rotatable bonds is 10. The van der Waals surface area contributed by atoms with E-state index in [9.17, 15) is 18.0 Å². The Morgan fingerprint density at radius 3 is 2.18 bits per heavy atom. The fraction of sp³-hybridized carbons (Fsp3) is 0.258. The fourth-order valence-electron chi connectivity index (χ4n) is 4.66. The number of aliphatic carboxylic acids is 1. The highest BCUT2D eigenvalue weighted by Gasteiger charge is 2.34. The zero-order chi connectivity index (χ0) is 28.2. The highest BCUT2D eigenvalue weighted by molar-refractivity contribution is 8.00. The zero-order valence-corrected chi connectivity index (χ0v) is 22.8. The second-order valence-corrected chi connectivity index (χ2v) is 10.7. The number of furan rings is 1. The fourth-order valence-corrected chi connectivity index (χ4v) is 5.33. The molecule has 39 heavy (non-hydrogen) atoms. The lowest BCUT2D eigenvalue weighted by atomic mass is 9.99. The van der Waals surface area contributed by atoms with Gasteiger partial charge in [0.2, 0.25) is 5.76 Å².